The van der Waals surface area contributed by atoms with Crippen molar-refractivity contribution < 1.29 is 4.79 Å². The van der Waals surface area contributed by atoms with Crippen LogP contribution in [0, 0.1) is 0 Å². The molecular weight excluding hydrogens is 214 g/mol. The van der Waals surface area contributed by atoms with Gasteiger partial charge in [0.1, 0.15) is 0 Å². The lowest BCUT2D eigenvalue weighted by Gasteiger charge is -2.07. The van der Waals surface area contributed by atoms with Gasteiger partial charge in [-0.3, -0.25) is 4.98 Å². The van der Waals surface area contributed by atoms with Crippen LogP contribution in [0.1, 0.15) is 12.5 Å². The molecule has 0 spiro atoms. The summed E-state index contributed by atoms with van der Waals surface area (Å²) in [6, 6.07) is 9.72. The number of hydrogen-bond donors (Lipinski definition) is 2. The quantitative estimate of drug-likeness (QED) is 0.846. The molecule has 2 aromatic rings. The van der Waals surface area contributed by atoms with Gasteiger partial charge in [-0.2, -0.15) is 0 Å². The van der Waals surface area contributed by atoms with Gasteiger partial charge in [0.15, 0.2) is 0 Å². The van der Waals surface area contributed by atoms with Gasteiger partial charge in [-0.1, -0.05) is 24.3 Å². The summed E-state index contributed by atoms with van der Waals surface area (Å²) in [5.74, 6) is 0. The van der Waals surface area contributed by atoms with Crippen LogP contribution in [0.25, 0.3) is 10.9 Å². The van der Waals surface area contributed by atoms with Crippen molar-refractivity contribution >= 4 is 16.9 Å². The second kappa shape index (κ2) is 5.30. The number of benzene rings is 1. The number of carbonyl (C=O) groups is 1. The normalized spacial score (nSPS) is 10.2. The van der Waals surface area contributed by atoms with Crippen LogP contribution in [-0.2, 0) is 6.54 Å². The third kappa shape index (κ3) is 2.72. The number of amides is 2. The van der Waals surface area contributed by atoms with Crippen molar-refractivity contribution in [2.75, 3.05) is 6.54 Å². The fraction of sp³-hybridized carbons (Fsp3) is 0.231. The van der Waals surface area contributed by atoms with Crippen LogP contribution in [-0.4, -0.2) is 17.6 Å². The van der Waals surface area contributed by atoms with E-state index in [-0.39, 0.29) is 6.03 Å². The number of nitrogens with zero attached hydrogens (tertiary/aromatic N) is 1. The Kier molecular flexibility index (Phi) is 3.55. The van der Waals surface area contributed by atoms with Crippen molar-refractivity contribution in [3.63, 3.8) is 0 Å². The van der Waals surface area contributed by atoms with Gasteiger partial charge in [0.25, 0.3) is 0 Å². The Labute approximate surface area is 100 Å². The molecule has 0 radical (unpaired) electrons. The molecular formula is C13H15N3O. The maximum atomic E-state index is 11.3. The summed E-state index contributed by atoms with van der Waals surface area (Å²) in [7, 11) is 0. The van der Waals surface area contributed by atoms with E-state index in [4.69, 9.17) is 0 Å². The lowest BCUT2D eigenvalue weighted by Crippen LogP contribution is -2.34. The van der Waals surface area contributed by atoms with Crippen molar-refractivity contribution in [1.29, 1.82) is 0 Å². The molecule has 0 aliphatic heterocycles. The minimum absolute atomic E-state index is 0.152. The average molecular weight is 229 g/mol. The SMILES string of the molecule is CCNC(=O)NCc1cccc2cccnc12. The molecule has 0 bridgehead atoms. The molecule has 0 aliphatic carbocycles. The summed E-state index contributed by atoms with van der Waals surface area (Å²) in [5.41, 5.74) is 1.96. The monoisotopic (exact) mass is 229 g/mol. The fourth-order valence-electron chi connectivity index (χ4n) is 1.71. The van der Waals surface area contributed by atoms with E-state index in [9.17, 15) is 4.79 Å². The zero-order valence-corrected chi connectivity index (χ0v) is 9.73. The Morgan fingerprint density at radius 1 is 1.24 bits per heavy atom. The molecule has 0 aliphatic rings. The first-order valence-electron chi connectivity index (χ1n) is 5.65. The van der Waals surface area contributed by atoms with E-state index >= 15 is 0 Å². The number of nitrogens with one attached hydrogen (secondary N) is 2. The van der Waals surface area contributed by atoms with Crippen LogP contribution in [0.15, 0.2) is 36.5 Å². The molecule has 17 heavy (non-hydrogen) atoms. The van der Waals surface area contributed by atoms with Gasteiger partial charge in [0.05, 0.1) is 5.52 Å². The van der Waals surface area contributed by atoms with Crippen LogP contribution in [0.2, 0.25) is 0 Å². The predicted octanol–water partition coefficient (Wildman–Crippen LogP) is 2.05. The number of aromatic nitrogens is 1. The molecule has 0 atom stereocenters. The highest BCUT2D eigenvalue weighted by Crippen LogP contribution is 2.15. The zero-order chi connectivity index (χ0) is 12.1. The maximum Gasteiger partial charge on any atom is 0.315 e. The zero-order valence-electron chi connectivity index (χ0n) is 9.73. The predicted molar refractivity (Wildman–Crippen MR) is 67.7 cm³/mol. The smallest absolute Gasteiger partial charge is 0.315 e. The molecule has 0 saturated heterocycles. The van der Waals surface area contributed by atoms with E-state index in [1.54, 1.807) is 6.20 Å². The van der Waals surface area contributed by atoms with Crippen LogP contribution in [0.3, 0.4) is 0 Å². The second-order valence-electron chi connectivity index (χ2n) is 3.71. The van der Waals surface area contributed by atoms with Crippen molar-refractivity contribution in [1.82, 2.24) is 15.6 Å². The van der Waals surface area contributed by atoms with Gasteiger partial charge < -0.3 is 10.6 Å². The number of pyridine rings is 1. The Morgan fingerprint density at radius 2 is 2.06 bits per heavy atom. The molecule has 1 aromatic heterocycles. The molecule has 88 valence electrons. The van der Waals surface area contributed by atoms with Gasteiger partial charge in [-0.25, -0.2) is 4.79 Å². The van der Waals surface area contributed by atoms with Crippen LogP contribution >= 0.6 is 0 Å². The minimum atomic E-state index is -0.152. The molecule has 1 heterocycles. The van der Waals surface area contributed by atoms with E-state index in [1.165, 1.54) is 0 Å². The van der Waals surface area contributed by atoms with Crippen LogP contribution in [0.4, 0.5) is 4.79 Å². The highest BCUT2D eigenvalue weighted by atomic mass is 16.2. The standard InChI is InChI=1S/C13H15N3O/c1-2-14-13(17)16-9-11-6-3-5-10-7-4-8-15-12(10)11/h3-8H,2,9H2,1H3,(H2,14,16,17). The summed E-state index contributed by atoms with van der Waals surface area (Å²) in [5, 5.41) is 6.58. The molecule has 2 amide bonds. The highest BCUT2D eigenvalue weighted by molar-refractivity contribution is 5.82. The average Bonchev–Trinajstić information content (AvgIpc) is 2.36. The second-order valence-corrected chi connectivity index (χ2v) is 3.71. The first-order chi connectivity index (χ1) is 8.31. The number of hydrogen-bond acceptors (Lipinski definition) is 2. The first-order valence-corrected chi connectivity index (χ1v) is 5.65. The number of carbonyl (C=O) groups excluding carboxylic acids is 1. The molecule has 2 N–H and O–H groups in total. The van der Waals surface area contributed by atoms with Crippen molar-refractivity contribution in [3.05, 3.63) is 42.1 Å². The lowest BCUT2D eigenvalue weighted by molar-refractivity contribution is 0.241. The summed E-state index contributed by atoms with van der Waals surface area (Å²) < 4.78 is 0. The highest BCUT2D eigenvalue weighted by Gasteiger charge is 2.03. The fourth-order valence-corrected chi connectivity index (χ4v) is 1.71. The molecule has 0 unspecified atom stereocenters. The lowest BCUT2D eigenvalue weighted by atomic mass is 10.1. The molecule has 0 fully saturated rings. The van der Waals surface area contributed by atoms with Gasteiger partial charge >= 0.3 is 6.03 Å². The minimum Gasteiger partial charge on any atom is -0.338 e. The molecule has 4 nitrogen and oxygen atoms in total. The van der Waals surface area contributed by atoms with Crippen LogP contribution in [0.5, 0.6) is 0 Å². The third-order valence-electron chi connectivity index (χ3n) is 2.49. The van der Waals surface area contributed by atoms with E-state index in [0.29, 0.717) is 13.1 Å². The van der Waals surface area contributed by atoms with Crippen molar-refractivity contribution in [2.45, 2.75) is 13.5 Å². The number of rotatable bonds is 3. The largest absolute Gasteiger partial charge is 0.338 e. The third-order valence-corrected chi connectivity index (χ3v) is 2.49. The summed E-state index contributed by atoms with van der Waals surface area (Å²) >= 11 is 0. The topological polar surface area (TPSA) is 54.0 Å². The van der Waals surface area contributed by atoms with Crippen molar-refractivity contribution in [3.8, 4) is 0 Å². The van der Waals surface area contributed by atoms with Gasteiger partial charge in [-0.05, 0) is 18.6 Å². The Balaban J connectivity index is 2.16. The molecule has 2 rings (SSSR count). The Bertz CT molecular complexity index is 520. The summed E-state index contributed by atoms with van der Waals surface area (Å²) in [6.45, 7) is 3.00. The number of urea groups is 1. The molecule has 0 saturated carbocycles. The number of fused-ring (bicyclic) bond motifs is 1. The van der Waals surface area contributed by atoms with Gasteiger partial charge in [0, 0.05) is 24.7 Å². The first kappa shape index (κ1) is 11.4. The van der Waals surface area contributed by atoms with Gasteiger partial charge in [-0.15, -0.1) is 0 Å². The van der Waals surface area contributed by atoms with E-state index < -0.39 is 0 Å². The Hall–Kier alpha value is -2.10. The maximum absolute atomic E-state index is 11.3. The van der Waals surface area contributed by atoms with E-state index in [1.807, 2.05) is 37.3 Å². The number of para-hydroxylation sites is 1. The summed E-state index contributed by atoms with van der Waals surface area (Å²) in [4.78, 5) is 15.6. The van der Waals surface area contributed by atoms with E-state index in [2.05, 4.69) is 15.6 Å². The van der Waals surface area contributed by atoms with Crippen LogP contribution < -0.4 is 10.6 Å². The van der Waals surface area contributed by atoms with E-state index in [0.717, 1.165) is 16.5 Å². The van der Waals surface area contributed by atoms with Crippen molar-refractivity contribution in [2.24, 2.45) is 0 Å². The molecule has 1 aromatic carbocycles. The molecule has 4 heteroatoms. The van der Waals surface area contributed by atoms with Gasteiger partial charge in [0.2, 0.25) is 0 Å². The summed E-state index contributed by atoms with van der Waals surface area (Å²) in [6.07, 6.45) is 1.76. The Morgan fingerprint density at radius 3 is 2.88 bits per heavy atom.